The number of rotatable bonds is 6. The Hall–Kier alpha value is -2.42. The van der Waals surface area contributed by atoms with Crippen molar-refractivity contribution in [1.29, 1.82) is 0 Å². The first kappa shape index (κ1) is 21.9. The van der Waals surface area contributed by atoms with Gasteiger partial charge in [-0.25, -0.2) is 4.98 Å². The lowest BCUT2D eigenvalue weighted by Crippen LogP contribution is -2.46. The lowest BCUT2D eigenvalue weighted by Gasteiger charge is -2.27. The van der Waals surface area contributed by atoms with E-state index in [-0.39, 0.29) is 42.3 Å². The van der Waals surface area contributed by atoms with E-state index in [0.29, 0.717) is 43.5 Å². The van der Waals surface area contributed by atoms with Crippen LogP contribution in [-0.4, -0.2) is 72.1 Å². The number of hydrogen-bond donors (Lipinski definition) is 2. The van der Waals surface area contributed by atoms with Gasteiger partial charge in [-0.1, -0.05) is 0 Å². The predicted molar refractivity (Wildman–Crippen MR) is 106 cm³/mol. The topological polar surface area (TPSA) is 108 Å². The summed E-state index contributed by atoms with van der Waals surface area (Å²) in [6, 6.07) is 0. The average Bonchev–Trinajstić information content (AvgIpc) is 2.59. The van der Waals surface area contributed by atoms with E-state index in [9.17, 15) is 14.4 Å². The molecule has 0 saturated carbocycles. The molecule has 0 aromatic carbocycles. The molecule has 0 bridgehead atoms. The van der Waals surface area contributed by atoms with Crippen molar-refractivity contribution in [1.82, 2.24) is 20.2 Å². The number of carbonyl (C=O) groups excluding carboxylic acids is 2. The summed E-state index contributed by atoms with van der Waals surface area (Å²) in [7, 11) is 1.58. The second-order valence-electron chi connectivity index (χ2n) is 8.10. The predicted octanol–water partition coefficient (Wildman–Crippen LogP) is 0.221. The van der Waals surface area contributed by atoms with Crippen LogP contribution in [0.15, 0.2) is 4.79 Å². The molecular weight excluding hydrogens is 362 g/mol. The standard InChI is InChI=1S/C19H31N5O4/c1-13-14(17(27)21-18(20-13)24-8-10-28-11-9-24)6-7-16(26)23(5)12-15(25)22-19(2,3)4/h6-12H2,1-5H3,(H,22,25)(H,20,21,27). The van der Waals surface area contributed by atoms with Crippen LogP contribution in [0, 0.1) is 6.92 Å². The highest BCUT2D eigenvalue weighted by atomic mass is 16.5. The van der Waals surface area contributed by atoms with Crippen LogP contribution in [0.1, 0.15) is 38.4 Å². The summed E-state index contributed by atoms with van der Waals surface area (Å²) in [4.78, 5) is 47.4. The van der Waals surface area contributed by atoms with Crippen LogP contribution in [-0.2, 0) is 20.7 Å². The number of likely N-dealkylation sites (N-methyl/N-ethyl adjacent to an activating group) is 1. The van der Waals surface area contributed by atoms with E-state index in [1.54, 1.807) is 14.0 Å². The number of nitrogens with zero attached hydrogens (tertiary/aromatic N) is 3. The fourth-order valence-corrected chi connectivity index (χ4v) is 3.00. The SMILES string of the molecule is Cc1nc(N2CCOCC2)[nH]c(=O)c1CCC(=O)N(C)CC(=O)NC(C)(C)C. The molecule has 2 N–H and O–H groups in total. The molecule has 2 rings (SSSR count). The number of aromatic amines is 1. The second kappa shape index (κ2) is 9.18. The van der Waals surface area contributed by atoms with Crippen LogP contribution in [0.4, 0.5) is 5.95 Å². The molecule has 0 unspecified atom stereocenters. The number of aromatic nitrogens is 2. The van der Waals surface area contributed by atoms with Gasteiger partial charge in [0.15, 0.2) is 0 Å². The third-order valence-corrected chi connectivity index (χ3v) is 4.43. The Kier molecular flexibility index (Phi) is 7.17. The van der Waals surface area contributed by atoms with Gasteiger partial charge in [0.1, 0.15) is 0 Å². The summed E-state index contributed by atoms with van der Waals surface area (Å²) < 4.78 is 5.31. The highest BCUT2D eigenvalue weighted by Crippen LogP contribution is 2.11. The zero-order chi connectivity index (χ0) is 20.9. The number of amides is 2. The number of nitrogens with one attached hydrogen (secondary N) is 2. The third kappa shape index (κ3) is 6.33. The quantitative estimate of drug-likeness (QED) is 0.716. The molecule has 0 aliphatic carbocycles. The first-order valence-electron chi connectivity index (χ1n) is 9.54. The zero-order valence-corrected chi connectivity index (χ0v) is 17.4. The Balaban J connectivity index is 1.95. The van der Waals surface area contributed by atoms with Gasteiger partial charge in [-0.3, -0.25) is 19.4 Å². The Bertz CT molecular complexity index is 763. The maximum absolute atomic E-state index is 12.5. The minimum absolute atomic E-state index is 0.0142. The van der Waals surface area contributed by atoms with Gasteiger partial charge in [-0.2, -0.15) is 0 Å². The molecule has 2 heterocycles. The molecule has 1 saturated heterocycles. The largest absolute Gasteiger partial charge is 0.378 e. The first-order valence-corrected chi connectivity index (χ1v) is 9.54. The Morgan fingerprint density at radius 3 is 2.50 bits per heavy atom. The maximum Gasteiger partial charge on any atom is 0.255 e. The molecule has 0 atom stereocenters. The Morgan fingerprint density at radius 1 is 1.29 bits per heavy atom. The monoisotopic (exact) mass is 393 g/mol. The number of aryl methyl sites for hydroxylation is 1. The highest BCUT2D eigenvalue weighted by molar-refractivity contribution is 5.85. The fourth-order valence-electron chi connectivity index (χ4n) is 3.00. The van der Waals surface area contributed by atoms with Gasteiger partial charge in [0, 0.05) is 43.4 Å². The lowest BCUT2D eigenvalue weighted by atomic mass is 10.1. The Labute approximate surface area is 165 Å². The van der Waals surface area contributed by atoms with Gasteiger partial charge < -0.3 is 19.9 Å². The van der Waals surface area contributed by atoms with Crippen molar-refractivity contribution in [3.63, 3.8) is 0 Å². The summed E-state index contributed by atoms with van der Waals surface area (Å²) in [6.07, 6.45) is 0.420. The molecule has 156 valence electrons. The van der Waals surface area contributed by atoms with E-state index in [1.165, 1.54) is 4.90 Å². The van der Waals surface area contributed by atoms with E-state index in [4.69, 9.17) is 4.74 Å². The zero-order valence-electron chi connectivity index (χ0n) is 17.4. The van der Waals surface area contributed by atoms with Gasteiger partial charge in [0.2, 0.25) is 17.8 Å². The molecule has 28 heavy (non-hydrogen) atoms. The van der Waals surface area contributed by atoms with Crippen LogP contribution < -0.4 is 15.8 Å². The Morgan fingerprint density at radius 2 is 1.93 bits per heavy atom. The number of morpholine rings is 1. The van der Waals surface area contributed by atoms with Gasteiger partial charge >= 0.3 is 0 Å². The number of H-pyrrole nitrogens is 1. The molecule has 0 spiro atoms. The summed E-state index contributed by atoms with van der Waals surface area (Å²) >= 11 is 0. The lowest BCUT2D eigenvalue weighted by molar-refractivity contribution is -0.135. The molecular formula is C19H31N5O4. The van der Waals surface area contributed by atoms with Crippen molar-refractivity contribution in [2.45, 2.75) is 46.1 Å². The van der Waals surface area contributed by atoms with E-state index in [0.717, 1.165) is 0 Å². The summed E-state index contributed by atoms with van der Waals surface area (Å²) in [6.45, 7) is 9.99. The van der Waals surface area contributed by atoms with E-state index in [1.807, 2.05) is 25.7 Å². The second-order valence-corrected chi connectivity index (χ2v) is 8.10. The van der Waals surface area contributed by atoms with Crippen LogP contribution in [0.3, 0.4) is 0 Å². The van der Waals surface area contributed by atoms with Gasteiger partial charge in [-0.05, 0) is 34.1 Å². The molecule has 1 aliphatic heterocycles. The van der Waals surface area contributed by atoms with E-state index < -0.39 is 0 Å². The van der Waals surface area contributed by atoms with Crippen molar-refractivity contribution in [2.75, 3.05) is 44.8 Å². The molecule has 1 aromatic heterocycles. The molecule has 1 aliphatic rings. The highest BCUT2D eigenvalue weighted by Gasteiger charge is 2.20. The number of hydrogen-bond acceptors (Lipinski definition) is 6. The molecule has 1 aromatic rings. The number of anilines is 1. The van der Waals surface area contributed by atoms with Crippen molar-refractivity contribution in [2.24, 2.45) is 0 Å². The van der Waals surface area contributed by atoms with Gasteiger partial charge in [0.05, 0.1) is 19.8 Å². The maximum atomic E-state index is 12.5. The van der Waals surface area contributed by atoms with Crippen LogP contribution >= 0.6 is 0 Å². The minimum Gasteiger partial charge on any atom is -0.378 e. The number of carbonyl (C=O) groups is 2. The average molecular weight is 393 g/mol. The van der Waals surface area contributed by atoms with Gasteiger partial charge in [-0.15, -0.1) is 0 Å². The molecule has 0 radical (unpaired) electrons. The van der Waals surface area contributed by atoms with E-state index >= 15 is 0 Å². The molecule has 9 nitrogen and oxygen atoms in total. The number of ether oxygens (including phenoxy) is 1. The third-order valence-electron chi connectivity index (χ3n) is 4.43. The van der Waals surface area contributed by atoms with Crippen LogP contribution in [0.2, 0.25) is 0 Å². The normalized spacial score (nSPS) is 14.7. The fraction of sp³-hybridized carbons (Fsp3) is 0.684. The molecule has 2 amide bonds. The van der Waals surface area contributed by atoms with Gasteiger partial charge in [0.25, 0.3) is 5.56 Å². The summed E-state index contributed by atoms with van der Waals surface area (Å²) in [5.41, 5.74) is 0.540. The minimum atomic E-state index is -0.348. The first-order chi connectivity index (χ1) is 13.1. The summed E-state index contributed by atoms with van der Waals surface area (Å²) in [5.74, 6) is 0.130. The van der Waals surface area contributed by atoms with E-state index in [2.05, 4.69) is 15.3 Å². The van der Waals surface area contributed by atoms with Crippen molar-refractivity contribution < 1.29 is 14.3 Å². The smallest absolute Gasteiger partial charge is 0.255 e. The van der Waals surface area contributed by atoms with Crippen LogP contribution in [0.25, 0.3) is 0 Å². The van der Waals surface area contributed by atoms with Crippen LogP contribution in [0.5, 0.6) is 0 Å². The van der Waals surface area contributed by atoms with Crippen molar-refractivity contribution in [3.8, 4) is 0 Å². The molecule has 9 heteroatoms. The van der Waals surface area contributed by atoms with Crippen molar-refractivity contribution in [3.05, 3.63) is 21.6 Å². The molecule has 1 fully saturated rings. The van der Waals surface area contributed by atoms with Crippen molar-refractivity contribution >= 4 is 17.8 Å². The summed E-state index contributed by atoms with van der Waals surface area (Å²) in [5, 5.41) is 2.82.